The lowest BCUT2D eigenvalue weighted by atomic mass is 10.2. The molecule has 0 fully saturated rings. The number of rotatable bonds is 7. The summed E-state index contributed by atoms with van der Waals surface area (Å²) >= 11 is 0. The van der Waals surface area contributed by atoms with Gasteiger partial charge in [-0.05, 0) is 12.5 Å². The van der Waals surface area contributed by atoms with Gasteiger partial charge in [-0.15, -0.1) is 0 Å². The first-order chi connectivity index (χ1) is 13.2. The number of aliphatic hydroxyl groups is 1. The molecule has 0 aromatic heterocycles. The van der Waals surface area contributed by atoms with Crippen LogP contribution >= 0.6 is 0 Å². The quantitative estimate of drug-likeness (QED) is 0.481. The van der Waals surface area contributed by atoms with Gasteiger partial charge in [0.15, 0.2) is 0 Å². The van der Waals surface area contributed by atoms with Crippen molar-refractivity contribution >= 4 is 24.0 Å². The van der Waals surface area contributed by atoms with Crippen LogP contribution in [0.1, 0.15) is 18.9 Å². The lowest BCUT2D eigenvalue weighted by Crippen LogP contribution is -2.00. The van der Waals surface area contributed by atoms with Crippen molar-refractivity contribution in [2.45, 2.75) is 13.3 Å². The monoisotopic (exact) mass is 392 g/mol. The van der Waals surface area contributed by atoms with E-state index in [9.17, 15) is 14.4 Å². The van der Waals surface area contributed by atoms with Gasteiger partial charge < -0.3 is 20.1 Å². The molecule has 1 aromatic rings. The Labute approximate surface area is 165 Å². The SMILES string of the molecule is C=C(CCO)C(=O)O.C=CC(=O)O.C=CC(=O)OCC.C=Cc1ccccc1. The molecule has 7 nitrogen and oxygen atoms in total. The zero-order valence-corrected chi connectivity index (χ0v) is 16.0. The molecule has 3 N–H and O–H groups in total. The van der Waals surface area contributed by atoms with Crippen LogP contribution in [-0.4, -0.2) is 46.4 Å². The predicted octanol–water partition coefficient (Wildman–Crippen LogP) is 3.33. The van der Waals surface area contributed by atoms with Crippen LogP contribution in [0.4, 0.5) is 0 Å². The van der Waals surface area contributed by atoms with Crippen LogP contribution in [0.5, 0.6) is 0 Å². The molecule has 0 spiro atoms. The van der Waals surface area contributed by atoms with Gasteiger partial charge in [-0.2, -0.15) is 0 Å². The number of ether oxygens (including phenoxy) is 1. The second kappa shape index (κ2) is 21.6. The fourth-order valence-corrected chi connectivity index (χ4v) is 1.03. The van der Waals surface area contributed by atoms with Gasteiger partial charge in [-0.1, -0.05) is 62.7 Å². The Bertz CT molecular complexity index is 619. The van der Waals surface area contributed by atoms with Crippen molar-refractivity contribution in [1.82, 2.24) is 0 Å². The highest BCUT2D eigenvalue weighted by Gasteiger charge is 2.00. The molecule has 28 heavy (non-hydrogen) atoms. The zero-order valence-electron chi connectivity index (χ0n) is 16.0. The van der Waals surface area contributed by atoms with E-state index in [2.05, 4.69) is 31.1 Å². The van der Waals surface area contributed by atoms with Crippen molar-refractivity contribution in [3.8, 4) is 0 Å². The third-order valence-electron chi connectivity index (χ3n) is 2.38. The third kappa shape index (κ3) is 24.8. The van der Waals surface area contributed by atoms with E-state index in [0.29, 0.717) is 6.61 Å². The summed E-state index contributed by atoms with van der Waals surface area (Å²) in [7, 11) is 0. The van der Waals surface area contributed by atoms with Gasteiger partial charge in [-0.25, -0.2) is 14.4 Å². The molecule has 0 bridgehead atoms. The van der Waals surface area contributed by atoms with E-state index >= 15 is 0 Å². The summed E-state index contributed by atoms with van der Waals surface area (Å²) in [6.45, 7) is 15.0. The molecule has 7 heteroatoms. The number of carbonyl (C=O) groups excluding carboxylic acids is 1. The van der Waals surface area contributed by atoms with E-state index in [-0.39, 0.29) is 24.6 Å². The Kier molecular flexibility index (Phi) is 22.6. The van der Waals surface area contributed by atoms with Crippen molar-refractivity contribution in [2.24, 2.45) is 0 Å². The van der Waals surface area contributed by atoms with E-state index in [1.165, 1.54) is 5.56 Å². The molecular weight excluding hydrogens is 364 g/mol. The van der Waals surface area contributed by atoms with Gasteiger partial charge in [0.1, 0.15) is 0 Å². The average Bonchev–Trinajstić information content (AvgIpc) is 2.70. The van der Waals surface area contributed by atoms with Crippen LogP contribution in [-0.2, 0) is 19.1 Å². The molecule has 0 aliphatic heterocycles. The Balaban J connectivity index is -0.000000302. The summed E-state index contributed by atoms with van der Waals surface area (Å²) in [5, 5.41) is 23.9. The van der Waals surface area contributed by atoms with E-state index < -0.39 is 11.9 Å². The summed E-state index contributed by atoms with van der Waals surface area (Å²) in [4.78, 5) is 29.2. The molecular formula is C21H28O7. The average molecular weight is 392 g/mol. The number of aliphatic hydroxyl groups excluding tert-OH is 1. The van der Waals surface area contributed by atoms with Crippen molar-refractivity contribution < 1.29 is 34.4 Å². The van der Waals surface area contributed by atoms with Crippen molar-refractivity contribution in [1.29, 1.82) is 0 Å². The van der Waals surface area contributed by atoms with Gasteiger partial charge in [0, 0.05) is 30.8 Å². The standard InChI is InChI=1S/C8H8.C5H8O3.C5H8O2.C3H4O2/c1-2-8-6-4-3-5-7-8;1-4(2-3-6)5(7)8;1-3-5(6)7-4-2;1-2-3(4)5/h2-7H,1H2;6H,1-3H2,(H,7,8);3H,1,4H2,2H3;2H,1H2,(H,4,5). The number of esters is 1. The van der Waals surface area contributed by atoms with E-state index in [4.69, 9.17) is 15.3 Å². The maximum absolute atomic E-state index is 10.1. The normalized spacial score (nSPS) is 7.93. The molecule has 154 valence electrons. The molecule has 0 amide bonds. The zero-order chi connectivity index (χ0) is 22.4. The van der Waals surface area contributed by atoms with Crippen LogP contribution in [0.15, 0.2) is 74.4 Å². The number of carbonyl (C=O) groups is 3. The van der Waals surface area contributed by atoms with Crippen LogP contribution in [0.25, 0.3) is 6.08 Å². The van der Waals surface area contributed by atoms with Gasteiger partial charge in [-0.3, -0.25) is 0 Å². The van der Waals surface area contributed by atoms with Crippen LogP contribution in [0.2, 0.25) is 0 Å². The lowest BCUT2D eigenvalue weighted by molar-refractivity contribution is -0.137. The topological polar surface area (TPSA) is 121 Å². The van der Waals surface area contributed by atoms with Crippen molar-refractivity contribution in [2.75, 3.05) is 13.2 Å². The number of carboxylic acids is 2. The first-order valence-corrected chi connectivity index (χ1v) is 8.03. The first kappa shape index (κ1) is 29.3. The Morgan fingerprint density at radius 1 is 1.04 bits per heavy atom. The number of hydrogen-bond acceptors (Lipinski definition) is 5. The Morgan fingerprint density at radius 3 is 1.71 bits per heavy atom. The van der Waals surface area contributed by atoms with Crippen molar-refractivity contribution in [3.05, 3.63) is 79.9 Å². The fraction of sp³-hybridized carbons (Fsp3) is 0.190. The summed E-state index contributed by atoms with van der Waals surface area (Å²) in [5.74, 6) is -2.38. The van der Waals surface area contributed by atoms with Crippen LogP contribution in [0, 0.1) is 0 Å². The molecule has 1 rings (SSSR count). The van der Waals surface area contributed by atoms with Gasteiger partial charge >= 0.3 is 17.9 Å². The fourth-order valence-electron chi connectivity index (χ4n) is 1.03. The predicted molar refractivity (Wildman–Crippen MR) is 110 cm³/mol. The maximum Gasteiger partial charge on any atom is 0.331 e. The number of carboxylic acid groups (broad SMARTS) is 2. The number of hydrogen-bond donors (Lipinski definition) is 3. The summed E-state index contributed by atoms with van der Waals surface area (Å²) in [6, 6.07) is 10.0. The highest BCUT2D eigenvalue weighted by molar-refractivity contribution is 5.85. The van der Waals surface area contributed by atoms with Gasteiger partial charge in [0.05, 0.1) is 6.61 Å². The minimum Gasteiger partial charge on any atom is -0.478 e. The molecule has 0 saturated heterocycles. The third-order valence-corrected chi connectivity index (χ3v) is 2.38. The van der Waals surface area contributed by atoms with Gasteiger partial charge in [0.25, 0.3) is 0 Å². The second-order valence-corrected chi connectivity index (χ2v) is 4.50. The summed E-state index contributed by atoms with van der Waals surface area (Å²) in [6.07, 6.45) is 3.96. The Morgan fingerprint density at radius 2 is 1.54 bits per heavy atom. The molecule has 0 atom stereocenters. The lowest BCUT2D eigenvalue weighted by Gasteiger charge is -1.91. The maximum atomic E-state index is 10.1. The Hall–Kier alpha value is -3.45. The van der Waals surface area contributed by atoms with Crippen molar-refractivity contribution in [3.63, 3.8) is 0 Å². The largest absolute Gasteiger partial charge is 0.478 e. The highest BCUT2D eigenvalue weighted by Crippen LogP contribution is 1.97. The molecule has 0 aliphatic carbocycles. The summed E-state index contributed by atoms with van der Waals surface area (Å²) in [5.41, 5.74) is 1.22. The molecule has 0 aliphatic rings. The molecule has 1 aromatic carbocycles. The number of benzene rings is 1. The van der Waals surface area contributed by atoms with Crippen LogP contribution < -0.4 is 0 Å². The highest BCUT2D eigenvalue weighted by atomic mass is 16.5. The van der Waals surface area contributed by atoms with Gasteiger partial charge in [0.2, 0.25) is 0 Å². The molecule has 0 saturated carbocycles. The minimum absolute atomic E-state index is 0.0486. The van der Waals surface area contributed by atoms with Crippen LogP contribution in [0.3, 0.4) is 0 Å². The number of aliphatic carboxylic acids is 2. The second-order valence-electron chi connectivity index (χ2n) is 4.50. The van der Waals surface area contributed by atoms with E-state index in [1.54, 1.807) is 6.92 Å². The smallest absolute Gasteiger partial charge is 0.331 e. The molecule has 0 radical (unpaired) electrons. The van der Waals surface area contributed by atoms with E-state index in [1.807, 2.05) is 36.4 Å². The minimum atomic E-state index is -1.04. The summed E-state index contributed by atoms with van der Waals surface area (Å²) < 4.78 is 4.43. The molecule has 0 unspecified atom stereocenters. The molecule has 0 heterocycles. The first-order valence-electron chi connectivity index (χ1n) is 8.03. The van der Waals surface area contributed by atoms with E-state index in [0.717, 1.165) is 12.2 Å².